The predicted molar refractivity (Wildman–Crippen MR) is 120 cm³/mol. The number of halogens is 3. The minimum Gasteiger partial charge on any atom is -0.497 e. The Labute approximate surface area is 191 Å². The zero-order valence-corrected chi connectivity index (χ0v) is 19.4. The first kappa shape index (κ1) is 22.6. The van der Waals surface area contributed by atoms with Gasteiger partial charge in [0.05, 0.1) is 33.4 Å². The molecule has 6 nitrogen and oxygen atoms in total. The van der Waals surface area contributed by atoms with Crippen LogP contribution in [-0.4, -0.2) is 26.8 Å². The third-order valence-corrected chi connectivity index (χ3v) is 6.35. The summed E-state index contributed by atoms with van der Waals surface area (Å²) in [4.78, 5) is 17.4. The van der Waals surface area contributed by atoms with Crippen LogP contribution in [0.3, 0.4) is 0 Å². The molecule has 0 fully saturated rings. The lowest BCUT2D eigenvalue weighted by molar-refractivity contribution is 0.0977. The van der Waals surface area contributed by atoms with Crippen LogP contribution < -0.4 is 9.46 Å². The molecule has 0 saturated heterocycles. The zero-order chi connectivity index (χ0) is 22.0. The van der Waals surface area contributed by atoms with Crippen LogP contribution in [0.25, 0.3) is 5.69 Å². The number of ether oxygens (including phenoxy) is 1. The summed E-state index contributed by atoms with van der Waals surface area (Å²) in [6.07, 6.45) is 1.50. The Kier molecular flexibility index (Phi) is 7.08. The number of nitrogens with one attached hydrogen (secondary N) is 1. The number of imidazole rings is 1. The van der Waals surface area contributed by atoms with E-state index in [1.165, 1.54) is 19.5 Å². The van der Waals surface area contributed by atoms with E-state index in [-0.39, 0.29) is 21.5 Å². The summed E-state index contributed by atoms with van der Waals surface area (Å²) in [5, 5.41) is 1.16. The van der Waals surface area contributed by atoms with Crippen LogP contribution in [0.1, 0.15) is 35.9 Å². The minimum absolute atomic E-state index is 0.0752. The standard InChI is InChI=1S/C20H18Cl3N3O3S/c1-11(2)19-18(24-10-26(19)16-7-4-12(21)8-15(16)23)20(27)25-30(28)17-9-13(29-3)5-6-14(17)22/h4-11H,1-3H3,(H,25,27). The Morgan fingerprint density at radius 1 is 1.13 bits per heavy atom. The molecule has 1 heterocycles. The highest BCUT2D eigenvalue weighted by Crippen LogP contribution is 2.30. The lowest BCUT2D eigenvalue weighted by Crippen LogP contribution is -2.27. The average molecular weight is 487 g/mol. The molecule has 0 bridgehead atoms. The maximum absolute atomic E-state index is 12.9. The molecule has 0 aliphatic carbocycles. The Hall–Kier alpha value is -2.06. The van der Waals surface area contributed by atoms with Crippen molar-refractivity contribution in [2.75, 3.05) is 7.11 Å². The molecule has 158 valence electrons. The van der Waals surface area contributed by atoms with Crippen molar-refractivity contribution in [1.29, 1.82) is 0 Å². The van der Waals surface area contributed by atoms with E-state index in [0.29, 0.717) is 27.2 Å². The zero-order valence-electron chi connectivity index (χ0n) is 16.3. The maximum Gasteiger partial charge on any atom is 0.283 e. The second kappa shape index (κ2) is 9.39. The third-order valence-electron chi connectivity index (χ3n) is 4.26. The molecular weight excluding hydrogens is 469 g/mol. The molecule has 3 rings (SSSR count). The largest absolute Gasteiger partial charge is 0.497 e. The molecule has 1 atom stereocenters. The second-order valence-corrected chi connectivity index (χ2v) is 9.03. The van der Waals surface area contributed by atoms with Gasteiger partial charge in [-0.3, -0.25) is 9.52 Å². The van der Waals surface area contributed by atoms with E-state index in [9.17, 15) is 9.00 Å². The predicted octanol–water partition coefficient (Wildman–Crippen LogP) is 5.42. The summed E-state index contributed by atoms with van der Waals surface area (Å²) in [7, 11) is -0.422. The van der Waals surface area contributed by atoms with Crippen LogP contribution in [-0.2, 0) is 11.0 Å². The van der Waals surface area contributed by atoms with Crippen LogP contribution in [0, 0.1) is 0 Å². The van der Waals surface area contributed by atoms with E-state index < -0.39 is 16.9 Å². The van der Waals surface area contributed by atoms with Gasteiger partial charge in [0.1, 0.15) is 12.1 Å². The molecule has 1 unspecified atom stereocenters. The molecule has 0 saturated carbocycles. The highest BCUT2D eigenvalue weighted by atomic mass is 35.5. The molecule has 0 radical (unpaired) electrons. The first-order valence-electron chi connectivity index (χ1n) is 8.82. The van der Waals surface area contributed by atoms with Gasteiger partial charge >= 0.3 is 0 Å². The van der Waals surface area contributed by atoms with Crippen molar-refractivity contribution in [3.63, 3.8) is 0 Å². The lowest BCUT2D eigenvalue weighted by Gasteiger charge is -2.14. The van der Waals surface area contributed by atoms with Crippen molar-refractivity contribution in [1.82, 2.24) is 14.3 Å². The van der Waals surface area contributed by atoms with Crippen molar-refractivity contribution in [3.05, 3.63) is 69.2 Å². The van der Waals surface area contributed by atoms with Gasteiger partial charge in [0.15, 0.2) is 16.7 Å². The number of methoxy groups -OCH3 is 1. The molecule has 30 heavy (non-hydrogen) atoms. The van der Waals surface area contributed by atoms with Gasteiger partial charge < -0.3 is 9.30 Å². The maximum atomic E-state index is 12.9. The number of amides is 1. The number of hydrogen-bond donors (Lipinski definition) is 1. The SMILES string of the molecule is COc1ccc(Cl)c(S(=O)NC(=O)c2ncn(-c3ccc(Cl)cc3Cl)c2C(C)C)c1. The van der Waals surface area contributed by atoms with Crippen LogP contribution in [0.15, 0.2) is 47.6 Å². The highest BCUT2D eigenvalue weighted by molar-refractivity contribution is 7.83. The van der Waals surface area contributed by atoms with Crippen LogP contribution in [0.2, 0.25) is 15.1 Å². The van der Waals surface area contributed by atoms with Gasteiger partial charge in [-0.15, -0.1) is 0 Å². The molecule has 1 N–H and O–H groups in total. The number of benzene rings is 2. The number of aromatic nitrogens is 2. The summed E-state index contributed by atoms with van der Waals surface area (Å²) >= 11 is 18.4. The van der Waals surface area contributed by atoms with Crippen LogP contribution >= 0.6 is 34.8 Å². The number of rotatable bonds is 6. The minimum atomic E-state index is -1.91. The number of carbonyl (C=O) groups is 1. The van der Waals surface area contributed by atoms with Gasteiger partial charge in [0.25, 0.3) is 5.91 Å². The summed E-state index contributed by atoms with van der Waals surface area (Å²) in [6.45, 7) is 3.84. The monoisotopic (exact) mass is 485 g/mol. The Morgan fingerprint density at radius 3 is 2.50 bits per heavy atom. The van der Waals surface area contributed by atoms with Crippen molar-refractivity contribution in [2.24, 2.45) is 0 Å². The fraction of sp³-hybridized carbons (Fsp3) is 0.200. The molecule has 0 spiro atoms. The number of carbonyl (C=O) groups excluding carboxylic acids is 1. The number of nitrogens with zero attached hydrogens (tertiary/aromatic N) is 2. The lowest BCUT2D eigenvalue weighted by atomic mass is 10.1. The van der Waals surface area contributed by atoms with Gasteiger partial charge in [-0.2, -0.15) is 0 Å². The van der Waals surface area contributed by atoms with Crippen molar-refractivity contribution < 1.29 is 13.7 Å². The van der Waals surface area contributed by atoms with E-state index in [1.807, 2.05) is 13.8 Å². The van der Waals surface area contributed by atoms with E-state index in [1.54, 1.807) is 34.9 Å². The summed E-state index contributed by atoms with van der Waals surface area (Å²) in [5.41, 5.74) is 1.39. The fourth-order valence-electron chi connectivity index (χ4n) is 2.89. The van der Waals surface area contributed by atoms with Gasteiger partial charge in [0.2, 0.25) is 0 Å². The highest BCUT2D eigenvalue weighted by Gasteiger charge is 2.24. The smallest absolute Gasteiger partial charge is 0.283 e. The van der Waals surface area contributed by atoms with Crippen molar-refractivity contribution in [2.45, 2.75) is 24.7 Å². The summed E-state index contributed by atoms with van der Waals surface area (Å²) in [5.74, 6) is -0.199. The Balaban J connectivity index is 1.95. The van der Waals surface area contributed by atoms with E-state index in [2.05, 4.69) is 9.71 Å². The molecule has 3 aromatic rings. The Bertz CT molecular complexity index is 1130. The van der Waals surface area contributed by atoms with Crippen molar-refractivity contribution >= 4 is 51.7 Å². The average Bonchev–Trinajstić information content (AvgIpc) is 3.13. The van der Waals surface area contributed by atoms with E-state index in [4.69, 9.17) is 39.5 Å². The molecule has 1 amide bonds. The van der Waals surface area contributed by atoms with E-state index in [0.717, 1.165) is 0 Å². The van der Waals surface area contributed by atoms with Gasteiger partial charge in [-0.25, -0.2) is 9.19 Å². The Morgan fingerprint density at radius 2 is 1.87 bits per heavy atom. The van der Waals surface area contributed by atoms with Gasteiger partial charge in [-0.1, -0.05) is 48.7 Å². The van der Waals surface area contributed by atoms with Crippen LogP contribution in [0.5, 0.6) is 5.75 Å². The fourth-order valence-corrected chi connectivity index (χ4v) is 4.56. The topological polar surface area (TPSA) is 73.2 Å². The summed E-state index contributed by atoms with van der Waals surface area (Å²) < 4.78 is 22.0. The van der Waals surface area contributed by atoms with E-state index >= 15 is 0 Å². The molecule has 0 aliphatic heterocycles. The van der Waals surface area contributed by atoms with Gasteiger partial charge in [-0.05, 0) is 42.3 Å². The quantitative estimate of drug-likeness (QED) is 0.505. The third kappa shape index (κ3) is 4.64. The molecule has 1 aromatic heterocycles. The van der Waals surface area contributed by atoms with Crippen LogP contribution in [0.4, 0.5) is 0 Å². The molecule has 2 aromatic carbocycles. The van der Waals surface area contributed by atoms with Crippen molar-refractivity contribution in [3.8, 4) is 11.4 Å². The second-order valence-electron chi connectivity index (χ2n) is 6.60. The first-order valence-corrected chi connectivity index (χ1v) is 11.1. The first-order chi connectivity index (χ1) is 14.2. The molecular formula is C20H18Cl3N3O3S. The molecule has 0 aliphatic rings. The summed E-state index contributed by atoms with van der Waals surface area (Å²) in [6, 6.07) is 9.76. The molecule has 10 heteroatoms. The normalized spacial score (nSPS) is 12.1. The van der Waals surface area contributed by atoms with Gasteiger partial charge in [0, 0.05) is 5.02 Å². The number of hydrogen-bond acceptors (Lipinski definition) is 4.